The van der Waals surface area contributed by atoms with Crippen LogP contribution in [0.2, 0.25) is 0 Å². The zero-order valence-electron chi connectivity index (χ0n) is 9.18. The highest BCUT2D eigenvalue weighted by Gasteiger charge is 2.17. The van der Waals surface area contributed by atoms with Gasteiger partial charge in [-0.1, -0.05) is 21.0 Å². The van der Waals surface area contributed by atoms with Crippen LogP contribution in [0, 0.1) is 0 Å². The third-order valence-electron chi connectivity index (χ3n) is 1.97. The smallest absolute Gasteiger partial charge is 0.211 e. The van der Waals surface area contributed by atoms with Gasteiger partial charge in [-0.15, -0.1) is 0 Å². The van der Waals surface area contributed by atoms with Gasteiger partial charge in [0.1, 0.15) is 0 Å². The van der Waals surface area contributed by atoms with Crippen molar-refractivity contribution in [2.75, 3.05) is 13.1 Å². The molecule has 0 aromatic heterocycles. The predicted octanol–water partition coefficient (Wildman–Crippen LogP) is 3.19. The van der Waals surface area contributed by atoms with Crippen molar-refractivity contribution in [2.45, 2.75) is 11.3 Å². The number of nitrogens with one attached hydrogen (secondary N) is 1. The van der Waals surface area contributed by atoms with Crippen LogP contribution in [0.4, 0.5) is 0 Å². The summed E-state index contributed by atoms with van der Waals surface area (Å²) >= 11 is 6.42. The summed E-state index contributed by atoms with van der Waals surface area (Å²) in [6.45, 7) is 0.485. The van der Waals surface area contributed by atoms with Crippen LogP contribution in [0.5, 0.6) is 0 Å². The van der Waals surface area contributed by atoms with Gasteiger partial charge in [0.05, 0.1) is 4.90 Å². The number of halogens is 2. The monoisotopic (exact) mass is 396 g/mol. The number of benzene rings is 1. The molecule has 1 N–H and O–H groups in total. The first-order chi connectivity index (χ1) is 8.47. The maximum absolute atomic E-state index is 12.0. The standard InChI is InChI=1S/C9H10Br2N4O2S/c10-7-2-3-8(11)9(6-7)18(16,17)14-5-1-4-13-15-12/h2-3,6,14H,1,4-5H2. The van der Waals surface area contributed by atoms with E-state index in [1.54, 1.807) is 12.1 Å². The van der Waals surface area contributed by atoms with E-state index < -0.39 is 10.0 Å². The van der Waals surface area contributed by atoms with E-state index in [0.717, 1.165) is 0 Å². The van der Waals surface area contributed by atoms with E-state index in [4.69, 9.17) is 5.53 Å². The summed E-state index contributed by atoms with van der Waals surface area (Å²) in [5.74, 6) is 0. The van der Waals surface area contributed by atoms with Crippen molar-refractivity contribution in [1.82, 2.24) is 4.72 Å². The number of rotatable bonds is 6. The molecule has 0 bridgehead atoms. The Morgan fingerprint density at radius 2 is 2.11 bits per heavy atom. The minimum Gasteiger partial charge on any atom is -0.211 e. The van der Waals surface area contributed by atoms with Gasteiger partial charge in [-0.2, -0.15) is 0 Å². The summed E-state index contributed by atoms with van der Waals surface area (Å²) in [7, 11) is -3.56. The van der Waals surface area contributed by atoms with Gasteiger partial charge >= 0.3 is 0 Å². The molecular formula is C9H10Br2N4O2S. The number of hydrogen-bond donors (Lipinski definition) is 1. The van der Waals surface area contributed by atoms with Crippen LogP contribution in [0.1, 0.15) is 6.42 Å². The Morgan fingerprint density at radius 3 is 2.78 bits per heavy atom. The van der Waals surface area contributed by atoms with Gasteiger partial charge < -0.3 is 0 Å². The molecule has 0 saturated carbocycles. The molecule has 0 aliphatic heterocycles. The zero-order chi connectivity index (χ0) is 13.6. The third-order valence-corrected chi connectivity index (χ3v) is 4.92. The van der Waals surface area contributed by atoms with Crippen molar-refractivity contribution in [3.05, 3.63) is 37.6 Å². The number of sulfonamides is 1. The zero-order valence-corrected chi connectivity index (χ0v) is 13.2. The first-order valence-corrected chi connectivity index (χ1v) is 8.00. The molecule has 6 nitrogen and oxygen atoms in total. The molecular weight excluding hydrogens is 388 g/mol. The summed E-state index contributed by atoms with van der Waals surface area (Å²) in [6.07, 6.45) is 0.453. The molecule has 0 aliphatic rings. The largest absolute Gasteiger partial charge is 0.241 e. The number of azide groups is 1. The molecule has 0 spiro atoms. The van der Waals surface area contributed by atoms with Crippen molar-refractivity contribution < 1.29 is 8.42 Å². The second-order valence-corrected chi connectivity index (χ2v) is 6.79. The molecule has 98 valence electrons. The Kier molecular flexibility index (Phi) is 6.10. The van der Waals surface area contributed by atoms with Crippen molar-refractivity contribution in [3.8, 4) is 0 Å². The average molecular weight is 398 g/mol. The molecule has 1 aromatic rings. The van der Waals surface area contributed by atoms with E-state index in [2.05, 4.69) is 46.6 Å². The molecule has 0 fully saturated rings. The van der Waals surface area contributed by atoms with Gasteiger partial charge in [-0.3, -0.25) is 0 Å². The van der Waals surface area contributed by atoms with E-state index in [9.17, 15) is 8.42 Å². The number of hydrogen-bond acceptors (Lipinski definition) is 3. The molecule has 18 heavy (non-hydrogen) atoms. The average Bonchev–Trinajstić information content (AvgIpc) is 2.32. The summed E-state index contributed by atoms with van der Waals surface area (Å²) in [4.78, 5) is 2.75. The fourth-order valence-corrected chi connectivity index (χ4v) is 3.74. The SMILES string of the molecule is [N-]=[N+]=NCCCNS(=O)(=O)c1cc(Br)ccc1Br. The molecule has 1 rings (SSSR count). The molecule has 0 unspecified atom stereocenters. The van der Waals surface area contributed by atoms with Crippen molar-refractivity contribution in [2.24, 2.45) is 5.11 Å². The lowest BCUT2D eigenvalue weighted by molar-refractivity contribution is 0.579. The van der Waals surface area contributed by atoms with Crippen LogP contribution in [0.15, 0.2) is 37.2 Å². The molecule has 0 atom stereocenters. The lowest BCUT2D eigenvalue weighted by Gasteiger charge is -2.08. The topological polar surface area (TPSA) is 94.9 Å². The first-order valence-electron chi connectivity index (χ1n) is 4.93. The Balaban J connectivity index is 2.74. The van der Waals surface area contributed by atoms with Gasteiger partial charge in [-0.25, -0.2) is 13.1 Å². The van der Waals surface area contributed by atoms with Crippen LogP contribution in [-0.2, 0) is 10.0 Å². The van der Waals surface area contributed by atoms with E-state index in [1.807, 2.05) is 0 Å². The maximum Gasteiger partial charge on any atom is 0.241 e. The van der Waals surface area contributed by atoms with Crippen molar-refractivity contribution >= 4 is 41.9 Å². The van der Waals surface area contributed by atoms with Crippen LogP contribution in [-0.4, -0.2) is 21.5 Å². The van der Waals surface area contributed by atoms with Crippen LogP contribution in [0.3, 0.4) is 0 Å². The van der Waals surface area contributed by atoms with Crippen molar-refractivity contribution in [1.29, 1.82) is 0 Å². The lowest BCUT2D eigenvalue weighted by atomic mass is 10.4. The molecule has 0 radical (unpaired) electrons. The van der Waals surface area contributed by atoms with Gasteiger partial charge in [0.15, 0.2) is 0 Å². The highest BCUT2D eigenvalue weighted by atomic mass is 79.9. The molecule has 0 aliphatic carbocycles. The summed E-state index contributed by atoms with van der Waals surface area (Å²) < 4.78 is 27.6. The van der Waals surface area contributed by atoms with Gasteiger partial charge in [0.2, 0.25) is 10.0 Å². The first kappa shape index (κ1) is 15.5. The van der Waals surface area contributed by atoms with Gasteiger partial charge in [0, 0.05) is 26.9 Å². The maximum atomic E-state index is 12.0. The summed E-state index contributed by atoms with van der Waals surface area (Å²) in [6, 6.07) is 4.91. The Bertz CT molecular complexity index is 570. The quantitative estimate of drug-likeness (QED) is 0.345. The van der Waals surface area contributed by atoms with E-state index >= 15 is 0 Å². The van der Waals surface area contributed by atoms with E-state index in [-0.39, 0.29) is 18.0 Å². The van der Waals surface area contributed by atoms with Crippen LogP contribution in [0.25, 0.3) is 10.4 Å². The molecule has 0 heterocycles. The Labute approximate surface area is 122 Å². The Hall–Kier alpha value is -0.600. The van der Waals surface area contributed by atoms with E-state index in [1.165, 1.54) is 6.07 Å². The predicted molar refractivity (Wildman–Crippen MR) is 75.7 cm³/mol. The second-order valence-electron chi connectivity index (χ2n) is 3.28. The van der Waals surface area contributed by atoms with Crippen LogP contribution < -0.4 is 4.72 Å². The van der Waals surface area contributed by atoms with Gasteiger partial charge in [-0.05, 0) is 46.1 Å². The summed E-state index contributed by atoms with van der Waals surface area (Å²) in [5.41, 5.74) is 8.08. The fourth-order valence-electron chi connectivity index (χ4n) is 1.16. The van der Waals surface area contributed by atoms with Crippen molar-refractivity contribution in [3.63, 3.8) is 0 Å². The minimum atomic E-state index is -3.56. The molecule has 0 amide bonds. The third kappa shape index (κ3) is 4.58. The highest BCUT2D eigenvalue weighted by molar-refractivity contribution is 9.11. The fraction of sp³-hybridized carbons (Fsp3) is 0.333. The Morgan fingerprint density at radius 1 is 1.39 bits per heavy atom. The van der Waals surface area contributed by atoms with Gasteiger partial charge in [0.25, 0.3) is 0 Å². The second kappa shape index (κ2) is 7.10. The highest BCUT2D eigenvalue weighted by Crippen LogP contribution is 2.25. The molecule has 0 saturated heterocycles. The lowest BCUT2D eigenvalue weighted by Crippen LogP contribution is -2.25. The normalized spacial score (nSPS) is 11.0. The molecule has 1 aromatic carbocycles. The molecule has 9 heteroatoms. The number of nitrogens with zero attached hydrogens (tertiary/aromatic N) is 3. The van der Waals surface area contributed by atoms with Crippen LogP contribution >= 0.6 is 31.9 Å². The summed E-state index contributed by atoms with van der Waals surface area (Å²) in [5, 5.41) is 3.32. The minimum absolute atomic E-state index is 0.167. The van der Waals surface area contributed by atoms with E-state index in [0.29, 0.717) is 15.4 Å².